The predicted octanol–water partition coefficient (Wildman–Crippen LogP) is 2.44. The maximum absolute atomic E-state index is 13.6. The van der Waals surface area contributed by atoms with Crippen LogP contribution in [0.25, 0.3) is 0 Å². The van der Waals surface area contributed by atoms with Crippen LogP contribution in [0.5, 0.6) is 0 Å². The second-order valence-corrected chi connectivity index (χ2v) is 9.22. The number of carboxylic acid groups (broad SMARTS) is 1. The van der Waals surface area contributed by atoms with Crippen LogP contribution in [0, 0.1) is 0 Å². The summed E-state index contributed by atoms with van der Waals surface area (Å²) in [5.41, 5.74) is 5.45. The number of carbonyl (C=O) groups excluding carboxylic acids is 2. The molecule has 3 rings (SSSR count). The molecule has 2 aromatic rings. The van der Waals surface area contributed by atoms with Crippen LogP contribution in [-0.4, -0.2) is 75.0 Å². The van der Waals surface area contributed by atoms with Crippen LogP contribution in [0.1, 0.15) is 51.0 Å². The van der Waals surface area contributed by atoms with E-state index in [1.807, 2.05) is 30.3 Å². The van der Waals surface area contributed by atoms with E-state index in [-0.39, 0.29) is 13.0 Å². The van der Waals surface area contributed by atoms with Gasteiger partial charge in [0.15, 0.2) is 11.3 Å². The number of ether oxygens (including phenoxy) is 1. The molecule has 2 heterocycles. The third-order valence-electron chi connectivity index (χ3n) is 6.80. The highest BCUT2D eigenvalue weighted by atomic mass is 16.5. The smallest absolute Gasteiger partial charge is 0.332 e. The van der Waals surface area contributed by atoms with E-state index < -0.39 is 35.3 Å². The van der Waals surface area contributed by atoms with E-state index in [0.29, 0.717) is 57.6 Å². The first-order valence-corrected chi connectivity index (χ1v) is 12.9. The Morgan fingerprint density at radius 1 is 1.14 bits per heavy atom. The summed E-state index contributed by atoms with van der Waals surface area (Å²) >= 11 is 0. The van der Waals surface area contributed by atoms with Crippen LogP contribution in [0.2, 0.25) is 0 Å². The summed E-state index contributed by atoms with van der Waals surface area (Å²) in [5, 5.41) is 13.4. The molecule has 0 bridgehead atoms. The molecule has 37 heavy (non-hydrogen) atoms. The maximum Gasteiger partial charge on any atom is 0.332 e. The van der Waals surface area contributed by atoms with Gasteiger partial charge in [-0.05, 0) is 63.5 Å². The third kappa shape index (κ3) is 7.11. The Balaban J connectivity index is 1.68. The van der Waals surface area contributed by atoms with Crippen molar-refractivity contribution in [3.63, 3.8) is 0 Å². The molecule has 1 aliphatic heterocycles. The standard InChI is InChI=1S/C27H37N5O5/c1-2-37-24(34)22(14-13-20-10-4-3-5-11-20)32-19-8-15-27(32,25(35)36)23(33)21(28)12-6-7-16-29-26-30-17-9-18-31-26/h3-5,9-11,17-18,21-22H,2,6-8,12-16,19,28H2,1H3,(H,35,36)(H,29,30,31)/t21-,22?,27+/m0/s1. The minimum absolute atomic E-state index is 0.114. The van der Waals surface area contributed by atoms with Gasteiger partial charge in [-0.1, -0.05) is 30.3 Å². The Kier molecular flexibility index (Phi) is 10.5. The largest absolute Gasteiger partial charge is 0.480 e. The van der Waals surface area contributed by atoms with Crippen LogP contribution in [0.3, 0.4) is 0 Å². The lowest BCUT2D eigenvalue weighted by molar-refractivity contribution is -0.163. The number of anilines is 1. The Hall–Kier alpha value is -3.37. The highest BCUT2D eigenvalue weighted by Gasteiger charge is 2.58. The summed E-state index contributed by atoms with van der Waals surface area (Å²) in [6.07, 6.45) is 6.45. The van der Waals surface area contributed by atoms with Gasteiger partial charge in [0, 0.05) is 25.5 Å². The minimum atomic E-state index is -1.84. The highest BCUT2D eigenvalue weighted by molar-refractivity contribution is 6.10. The number of rotatable bonds is 15. The lowest BCUT2D eigenvalue weighted by Crippen LogP contribution is -2.65. The van der Waals surface area contributed by atoms with Gasteiger partial charge in [-0.2, -0.15) is 0 Å². The van der Waals surface area contributed by atoms with Gasteiger partial charge in [-0.25, -0.2) is 14.8 Å². The zero-order chi connectivity index (χ0) is 26.7. The van der Waals surface area contributed by atoms with Crippen molar-refractivity contribution in [1.82, 2.24) is 14.9 Å². The summed E-state index contributed by atoms with van der Waals surface area (Å²) in [7, 11) is 0. The molecule has 0 amide bonds. The molecule has 10 nitrogen and oxygen atoms in total. The van der Waals surface area contributed by atoms with Gasteiger partial charge in [0.2, 0.25) is 5.95 Å². The summed E-state index contributed by atoms with van der Waals surface area (Å²) in [5.74, 6) is -1.80. The number of nitrogens with one attached hydrogen (secondary N) is 1. The highest BCUT2D eigenvalue weighted by Crippen LogP contribution is 2.35. The van der Waals surface area contributed by atoms with Crippen molar-refractivity contribution in [2.45, 2.75) is 69.5 Å². The third-order valence-corrected chi connectivity index (χ3v) is 6.80. The van der Waals surface area contributed by atoms with Crippen LogP contribution < -0.4 is 11.1 Å². The van der Waals surface area contributed by atoms with Crippen molar-refractivity contribution in [2.75, 3.05) is 25.0 Å². The molecule has 1 saturated heterocycles. The predicted molar refractivity (Wildman–Crippen MR) is 139 cm³/mol. The van der Waals surface area contributed by atoms with Crippen molar-refractivity contribution in [3.05, 3.63) is 54.4 Å². The number of nitrogens with two attached hydrogens (primary N) is 1. The molecule has 3 atom stereocenters. The minimum Gasteiger partial charge on any atom is -0.480 e. The summed E-state index contributed by atoms with van der Waals surface area (Å²) in [4.78, 5) is 49.0. The lowest BCUT2D eigenvalue weighted by Gasteiger charge is -2.39. The van der Waals surface area contributed by atoms with E-state index in [2.05, 4.69) is 15.3 Å². The number of carbonyl (C=O) groups is 3. The van der Waals surface area contributed by atoms with Gasteiger partial charge in [0.25, 0.3) is 0 Å². The molecule has 0 aliphatic carbocycles. The fourth-order valence-electron chi connectivity index (χ4n) is 4.97. The molecule has 1 aliphatic rings. The quantitative estimate of drug-likeness (QED) is 0.185. The van der Waals surface area contributed by atoms with Crippen molar-refractivity contribution in [3.8, 4) is 0 Å². The molecule has 0 saturated carbocycles. The lowest BCUT2D eigenvalue weighted by atomic mass is 9.84. The molecular weight excluding hydrogens is 474 g/mol. The monoisotopic (exact) mass is 511 g/mol. The number of aliphatic carboxylic acids is 1. The normalized spacial score (nSPS) is 19.2. The molecule has 1 aromatic carbocycles. The summed E-state index contributed by atoms with van der Waals surface area (Å²) in [6, 6.07) is 9.57. The van der Waals surface area contributed by atoms with E-state index in [1.165, 1.54) is 4.90 Å². The molecule has 1 unspecified atom stereocenters. The Bertz CT molecular complexity index is 1020. The topological polar surface area (TPSA) is 148 Å². The number of carboxylic acids is 1. The molecule has 1 aromatic heterocycles. The van der Waals surface area contributed by atoms with E-state index in [9.17, 15) is 19.5 Å². The fraction of sp³-hybridized carbons (Fsp3) is 0.519. The van der Waals surface area contributed by atoms with Gasteiger partial charge in [0.05, 0.1) is 12.6 Å². The van der Waals surface area contributed by atoms with Crippen LogP contribution >= 0.6 is 0 Å². The molecule has 0 radical (unpaired) electrons. The number of hydrogen-bond acceptors (Lipinski definition) is 9. The number of hydrogen-bond donors (Lipinski definition) is 3. The molecule has 200 valence electrons. The number of ketones is 1. The number of esters is 1. The molecular formula is C27H37N5O5. The summed E-state index contributed by atoms with van der Waals surface area (Å²) in [6.45, 7) is 2.79. The van der Waals surface area contributed by atoms with E-state index in [1.54, 1.807) is 25.4 Å². The van der Waals surface area contributed by atoms with Crippen LogP contribution in [0.15, 0.2) is 48.8 Å². The zero-order valence-corrected chi connectivity index (χ0v) is 21.3. The number of benzene rings is 1. The zero-order valence-electron chi connectivity index (χ0n) is 21.3. The first-order chi connectivity index (χ1) is 17.9. The van der Waals surface area contributed by atoms with Gasteiger partial charge < -0.3 is 20.9 Å². The van der Waals surface area contributed by atoms with Crippen LogP contribution in [-0.2, 0) is 25.5 Å². The van der Waals surface area contributed by atoms with E-state index in [0.717, 1.165) is 5.56 Å². The Morgan fingerprint density at radius 3 is 2.54 bits per heavy atom. The van der Waals surface area contributed by atoms with Crippen molar-refractivity contribution < 1.29 is 24.2 Å². The van der Waals surface area contributed by atoms with Crippen molar-refractivity contribution in [2.24, 2.45) is 5.73 Å². The number of unbranched alkanes of at least 4 members (excludes halogenated alkanes) is 1. The average Bonchev–Trinajstić information content (AvgIpc) is 3.35. The van der Waals surface area contributed by atoms with Gasteiger partial charge in [-0.15, -0.1) is 0 Å². The molecule has 0 spiro atoms. The SMILES string of the molecule is CCOC(=O)C(CCc1ccccc1)N1CCC[C@]1(C(=O)O)C(=O)[C@@H](N)CCCCNc1ncccn1. The Labute approximate surface area is 217 Å². The fourth-order valence-corrected chi connectivity index (χ4v) is 4.97. The van der Waals surface area contributed by atoms with Gasteiger partial charge in [-0.3, -0.25) is 14.5 Å². The summed E-state index contributed by atoms with van der Waals surface area (Å²) < 4.78 is 5.31. The van der Waals surface area contributed by atoms with E-state index >= 15 is 0 Å². The second-order valence-electron chi connectivity index (χ2n) is 9.22. The maximum atomic E-state index is 13.6. The van der Waals surface area contributed by atoms with Crippen LogP contribution in [0.4, 0.5) is 5.95 Å². The molecule has 1 fully saturated rings. The number of aromatic nitrogens is 2. The van der Waals surface area contributed by atoms with Crippen molar-refractivity contribution in [1.29, 1.82) is 0 Å². The number of Topliss-reactive ketones (excluding diaryl/α,β-unsaturated/α-hetero) is 1. The molecule has 4 N–H and O–H groups in total. The first-order valence-electron chi connectivity index (χ1n) is 12.9. The Morgan fingerprint density at radius 2 is 1.86 bits per heavy atom. The van der Waals surface area contributed by atoms with E-state index in [4.69, 9.17) is 10.5 Å². The number of likely N-dealkylation sites (tertiary alicyclic amines) is 1. The van der Waals surface area contributed by atoms with Crippen molar-refractivity contribution >= 4 is 23.7 Å². The number of aryl methyl sites for hydroxylation is 1. The van der Waals surface area contributed by atoms with Gasteiger partial charge >= 0.3 is 11.9 Å². The van der Waals surface area contributed by atoms with Gasteiger partial charge in [0.1, 0.15) is 6.04 Å². The first kappa shape index (κ1) is 28.2. The molecule has 10 heteroatoms. The average molecular weight is 512 g/mol. The second kappa shape index (κ2) is 13.8. The number of nitrogens with zero attached hydrogens (tertiary/aromatic N) is 3.